The van der Waals surface area contributed by atoms with Gasteiger partial charge in [-0.15, -0.1) is 0 Å². The Morgan fingerprint density at radius 1 is 1.06 bits per heavy atom. The fraction of sp³-hybridized carbons (Fsp3) is 0.375. The molecule has 7 heteroatoms. The first-order valence-corrected chi connectivity index (χ1v) is 11.2. The number of carbonyl (C=O) groups is 1. The van der Waals surface area contributed by atoms with Crippen LogP contribution in [0.1, 0.15) is 36.0 Å². The third-order valence-corrected chi connectivity index (χ3v) is 6.37. The molecule has 1 aliphatic carbocycles. The molecule has 2 aliphatic rings. The van der Waals surface area contributed by atoms with Crippen molar-refractivity contribution in [1.29, 1.82) is 0 Å². The van der Waals surface area contributed by atoms with E-state index in [0.717, 1.165) is 60.2 Å². The number of carbonyl (C=O) groups excluding carboxylic acids is 1. The lowest BCUT2D eigenvalue weighted by molar-refractivity contribution is 0.0952. The molecule has 0 spiro atoms. The Bertz CT molecular complexity index is 1290. The predicted molar refractivity (Wildman–Crippen MR) is 123 cm³/mol. The van der Waals surface area contributed by atoms with E-state index in [1.54, 1.807) is 6.20 Å². The molecular weight excluding hydrogens is 388 g/mol. The van der Waals surface area contributed by atoms with E-state index in [9.17, 15) is 4.79 Å². The number of aromatic nitrogens is 3. The molecule has 158 valence electrons. The zero-order valence-corrected chi connectivity index (χ0v) is 17.5. The number of amides is 1. The van der Waals surface area contributed by atoms with Crippen molar-refractivity contribution in [2.75, 3.05) is 31.5 Å². The minimum absolute atomic E-state index is 0.0755. The molecular formula is C24H26N6O. The smallest absolute Gasteiger partial charge is 0.257 e. The van der Waals surface area contributed by atoms with Gasteiger partial charge in [0.2, 0.25) is 0 Å². The van der Waals surface area contributed by atoms with E-state index in [1.165, 1.54) is 12.8 Å². The predicted octanol–water partition coefficient (Wildman–Crippen LogP) is 3.44. The molecule has 4 heterocycles. The van der Waals surface area contributed by atoms with Gasteiger partial charge in [0.1, 0.15) is 11.2 Å². The topological polar surface area (TPSA) is 74.6 Å². The lowest BCUT2D eigenvalue weighted by atomic mass is 10.1. The van der Waals surface area contributed by atoms with E-state index >= 15 is 0 Å². The van der Waals surface area contributed by atoms with Crippen LogP contribution in [0.3, 0.4) is 0 Å². The van der Waals surface area contributed by atoms with Gasteiger partial charge in [0.05, 0.1) is 16.7 Å². The van der Waals surface area contributed by atoms with Crippen LogP contribution in [-0.2, 0) is 0 Å². The standard InChI is InChI=1S/C24H26N6O/c31-24(26-12-15-29-13-3-4-14-29)20-21(27-16-9-10-16)17-6-5-11-25-22(17)30-19-8-2-1-7-18(19)28-23(20)30/h1-2,5-8,11,16,27H,3-4,9-10,12-15H2,(H,26,31). The number of imidazole rings is 1. The van der Waals surface area contributed by atoms with Crippen LogP contribution in [0, 0.1) is 0 Å². The summed E-state index contributed by atoms with van der Waals surface area (Å²) in [4.78, 5) is 25.5. The molecule has 4 aromatic rings. The Kier molecular flexibility index (Phi) is 4.49. The molecule has 7 nitrogen and oxygen atoms in total. The van der Waals surface area contributed by atoms with E-state index in [-0.39, 0.29) is 5.91 Å². The van der Waals surface area contributed by atoms with Crippen molar-refractivity contribution in [3.8, 4) is 0 Å². The molecule has 1 aliphatic heterocycles. The third-order valence-electron chi connectivity index (χ3n) is 6.37. The summed E-state index contributed by atoms with van der Waals surface area (Å²) in [7, 11) is 0. The molecule has 1 amide bonds. The number of likely N-dealkylation sites (tertiary alicyclic amines) is 1. The van der Waals surface area contributed by atoms with Crippen LogP contribution in [-0.4, -0.2) is 57.4 Å². The highest BCUT2D eigenvalue weighted by Gasteiger charge is 2.28. The molecule has 2 N–H and O–H groups in total. The summed E-state index contributed by atoms with van der Waals surface area (Å²) in [5, 5.41) is 7.73. The van der Waals surface area contributed by atoms with Crippen LogP contribution < -0.4 is 10.6 Å². The van der Waals surface area contributed by atoms with Gasteiger partial charge in [0.25, 0.3) is 5.91 Å². The second kappa shape index (κ2) is 7.50. The zero-order chi connectivity index (χ0) is 20.8. The van der Waals surface area contributed by atoms with E-state index in [1.807, 2.05) is 40.8 Å². The summed E-state index contributed by atoms with van der Waals surface area (Å²) in [6.45, 7) is 3.78. The number of nitrogens with zero attached hydrogens (tertiary/aromatic N) is 4. The van der Waals surface area contributed by atoms with E-state index < -0.39 is 0 Å². The first-order chi connectivity index (χ1) is 15.3. The van der Waals surface area contributed by atoms with Gasteiger partial charge in [-0.3, -0.25) is 9.20 Å². The normalized spacial score (nSPS) is 17.0. The van der Waals surface area contributed by atoms with Crippen molar-refractivity contribution in [2.45, 2.75) is 31.7 Å². The number of benzene rings is 1. The van der Waals surface area contributed by atoms with Gasteiger partial charge in [0, 0.05) is 30.7 Å². The lowest BCUT2D eigenvalue weighted by Crippen LogP contribution is -2.34. The molecule has 0 unspecified atom stereocenters. The van der Waals surface area contributed by atoms with Crippen molar-refractivity contribution < 1.29 is 4.79 Å². The number of nitrogens with one attached hydrogen (secondary N) is 2. The van der Waals surface area contributed by atoms with E-state index in [0.29, 0.717) is 23.8 Å². The molecule has 3 aromatic heterocycles. The van der Waals surface area contributed by atoms with E-state index in [4.69, 9.17) is 4.98 Å². The summed E-state index contributed by atoms with van der Waals surface area (Å²) in [6.07, 6.45) is 6.55. The van der Waals surface area contributed by atoms with Crippen LogP contribution in [0.25, 0.3) is 27.7 Å². The highest BCUT2D eigenvalue weighted by Crippen LogP contribution is 2.36. The van der Waals surface area contributed by atoms with Crippen molar-refractivity contribution in [3.05, 3.63) is 48.2 Å². The first-order valence-electron chi connectivity index (χ1n) is 11.2. The van der Waals surface area contributed by atoms with Gasteiger partial charge < -0.3 is 15.5 Å². The monoisotopic (exact) mass is 414 g/mol. The van der Waals surface area contributed by atoms with Crippen LogP contribution in [0.5, 0.6) is 0 Å². The third kappa shape index (κ3) is 3.29. The van der Waals surface area contributed by atoms with Crippen molar-refractivity contribution in [3.63, 3.8) is 0 Å². The van der Waals surface area contributed by atoms with Crippen molar-refractivity contribution in [1.82, 2.24) is 24.6 Å². The fourth-order valence-electron chi connectivity index (χ4n) is 4.64. The highest BCUT2D eigenvalue weighted by atomic mass is 16.1. The number of para-hydroxylation sites is 2. The second-order valence-corrected chi connectivity index (χ2v) is 8.61. The minimum atomic E-state index is -0.0755. The maximum Gasteiger partial charge on any atom is 0.257 e. The zero-order valence-electron chi connectivity index (χ0n) is 17.5. The van der Waals surface area contributed by atoms with Crippen molar-refractivity contribution in [2.24, 2.45) is 0 Å². The average Bonchev–Trinajstić information content (AvgIpc) is 3.30. The maximum absolute atomic E-state index is 13.5. The number of hydrogen-bond donors (Lipinski definition) is 2. The molecule has 2 fully saturated rings. The number of fused-ring (bicyclic) bond motifs is 5. The van der Waals surface area contributed by atoms with Crippen LogP contribution >= 0.6 is 0 Å². The molecule has 1 saturated heterocycles. The molecule has 0 atom stereocenters. The molecule has 6 rings (SSSR count). The molecule has 0 bridgehead atoms. The van der Waals surface area contributed by atoms with Crippen LogP contribution in [0.4, 0.5) is 5.69 Å². The SMILES string of the molecule is O=C(NCCN1CCCC1)c1c(NC2CC2)c2cccnc2n2c1nc1ccccc12. The Labute approximate surface area is 180 Å². The largest absolute Gasteiger partial charge is 0.381 e. The molecule has 1 aromatic carbocycles. The van der Waals surface area contributed by atoms with Gasteiger partial charge in [-0.25, -0.2) is 9.97 Å². The van der Waals surface area contributed by atoms with Crippen LogP contribution in [0.2, 0.25) is 0 Å². The number of pyridine rings is 2. The summed E-state index contributed by atoms with van der Waals surface area (Å²) in [5.74, 6) is -0.0755. The lowest BCUT2D eigenvalue weighted by Gasteiger charge is -2.18. The Hall–Kier alpha value is -3.19. The summed E-state index contributed by atoms with van der Waals surface area (Å²) in [5.41, 5.74) is 4.78. The van der Waals surface area contributed by atoms with Gasteiger partial charge >= 0.3 is 0 Å². The van der Waals surface area contributed by atoms with Crippen LogP contribution in [0.15, 0.2) is 42.6 Å². The number of rotatable bonds is 6. The Balaban J connectivity index is 1.50. The molecule has 31 heavy (non-hydrogen) atoms. The van der Waals surface area contributed by atoms with Gasteiger partial charge in [-0.1, -0.05) is 12.1 Å². The summed E-state index contributed by atoms with van der Waals surface area (Å²) >= 11 is 0. The maximum atomic E-state index is 13.5. The Morgan fingerprint density at radius 3 is 2.74 bits per heavy atom. The van der Waals surface area contributed by atoms with Crippen molar-refractivity contribution >= 4 is 39.3 Å². The highest BCUT2D eigenvalue weighted by molar-refractivity contribution is 6.13. The number of anilines is 1. The molecule has 1 saturated carbocycles. The Morgan fingerprint density at radius 2 is 1.90 bits per heavy atom. The summed E-state index contributed by atoms with van der Waals surface area (Å²) < 4.78 is 2.03. The summed E-state index contributed by atoms with van der Waals surface area (Å²) in [6, 6.07) is 12.4. The quantitative estimate of drug-likeness (QED) is 0.506. The van der Waals surface area contributed by atoms with Gasteiger partial charge in [-0.2, -0.15) is 0 Å². The van der Waals surface area contributed by atoms with E-state index in [2.05, 4.69) is 20.5 Å². The second-order valence-electron chi connectivity index (χ2n) is 8.61. The fourth-order valence-corrected chi connectivity index (χ4v) is 4.64. The molecule has 0 radical (unpaired) electrons. The number of hydrogen-bond acceptors (Lipinski definition) is 5. The average molecular weight is 415 g/mol. The van der Waals surface area contributed by atoms with Gasteiger partial charge in [-0.05, 0) is 63.0 Å². The minimum Gasteiger partial charge on any atom is -0.381 e. The van der Waals surface area contributed by atoms with Gasteiger partial charge in [0.15, 0.2) is 5.65 Å². The first kappa shape index (κ1) is 18.6.